The van der Waals surface area contributed by atoms with Gasteiger partial charge < -0.3 is 15.1 Å². The fourth-order valence-electron chi connectivity index (χ4n) is 7.42. The maximum absolute atomic E-state index is 4.97. The first kappa shape index (κ1) is 38.1. The summed E-state index contributed by atoms with van der Waals surface area (Å²) in [7, 11) is 4.20. The van der Waals surface area contributed by atoms with Crippen molar-refractivity contribution in [2.45, 2.75) is 45.2 Å². The summed E-state index contributed by atoms with van der Waals surface area (Å²) in [6, 6.07) is 50.8. The van der Waals surface area contributed by atoms with Crippen molar-refractivity contribution in [2.75, 3.05) is 43.9 Å². The molecule has 7 aromatic rings. The van der Waals surface area contributed by atoms with Crippen LogP contribution in [0.2, 0.25) is 0 Å². The molecule has 0 radical (unpaired) electrons. The molecule has 9 nitrogen and oxygen atoms in total. The van der Waals surface area contributed by atoms with Gasteiger partial charge in [-0.05, 0) is 84.2 Å². The molecule has 5 aromatic carbocycles. The van der Waals surface area contributed by atoms with Gasteiger partial charge in [-0.15, -0.1) is 5.10 Å². The number of rotatable bonds is 17. The van der Waals surface area contributed by atoms with Gasteiger partial charge in [0.15, 0.2) is 5.82 Å². The molecule has 0 aliphatic rings. The lowest BCUT2D eigenvalue weighted by atomic mass is 9.77. The van der Waals surface area contributed by atoms with Crippen LogP contribution in [-0.4, -0.2) is 68.8 Å². The Kier molecular flexibility index (Phi) is 12.2. The lowest BCUT2D eigenvalue weighted by Crippen LogP contribution is -2.39. The molecule has 0 saturated heterocycles. The van der Waals surface area contributed by atoms with Crippen LogP contribution in [0.25, 0.3) is 22.5 Å². The van der Waals surface area contributed by atoms with Crippen molar-refractivity contribution in [3.8, 4) is 22.5 Å². The van der Waals surface area contributed by atoms with Gasteiger partial charge in [-0.2, -0.15) is 4.98 Å². The zero-order valence-electron chi connectivity index (χ0n) is 32.9. The van der Waals surface area contributed by atoms with Crippen LogP contribution in [0.3, 0.4) is 0 Å². The highest BCUT2D eigenvalue weighted by Crippen LogP contribution is 2.43. The van der Waals surface area contributed by atoms with Gasteiger partial charge in [0.05, 0.1) is 0 Å². The van der Waals surface area contributed by atoms with E-state index in [2.05, 4.69) is 163 Å². The highest BCUT2D eigenvalue weighted by Gasteiger charge is 2.42. The summed E-state index contributed by atoms with van der Waals surface area (Å²) in [5, 5.41) is 17.4. The fraction of sp³-hybridized carbons (Fsp3) is 0.255. The predicted octanol–water partition coefficient (Wildman–Crippen LogP) is 9.12. The molecule has 0 spiro atoms. The Balaban J connectivity index is 1.23. The summed E-state index contributed by atoms with van der Waals surface area (Å²) in [6.45, 7) is 7.74. The Labute approximate surface area is 331 Å². The van der Waals surface area contributed by atoms with Crippen molar-refractivity contribution >= 4 is 11.8 Å². The fourth-order valence-corrected chi connectivity index (χ4v) is 7.42. The van der Waals surface area contributed by atoms with E-state index in [9.17, 15) is 0 Å². The van der Waals surface area contributed by atoms with E-state index in [4.69, 9.17) is 20.3 Å². The molecule has 284 valence electrons. The molecule has 7 rings (SSSR count). The monoisotopic (exact) mass is 741 g/mol. The van der Waals surface area contributed by atoms with E-state index in [0.29, 0.717) is 12.4 Å². The smallest absolute Gasteiger partial charge is 0.227 e. The largest absolute Gasteiger partial charge is 0.370 e. The van der Waals surface area contributed by atoms with Crippen molar-refractivity contribution in [3.63, 3.8) is 0 Å². The minimum atomic E-state index is -0.846. The molecule has 0 atom stereocenters. The lowest BCUT2D eigenvalue weighted by Gasteiger charge is -2.36. The van der Waals surface area contributed by atoms with Gasteiger partial charge in [0, 0.05) is 37.0 Å². The second-order valence-electron chi connectivity index (χ2n) is 14.5. The molecule has 0 unspecified atom stereocenters. The van der Waals surface area contributed by atoms with Crippen LogP contribution >= 0.6 is 0 Å². The topological polar surface area (TPSA) is 87.9 Å². The van der Waals surface area contributed by atoms with Crippen molar-refractivity contribution in [2.24, 2.45) is 0 Å². The Morgan fingerprint density at radius 3 is 1.84 bits per heavy atom. The summed E-state index contributed by atoms with van der Waals surface area (Å²) in [6.07, 6.45) is 3.19. The van der Waals surface area contributed by atoms with Crippen molar-refractivity contribution < 1.29 is 0 Å². The molecular weight excluding hydrogens is 691 g/mol. The number of unbranched alkanes of at least 4 members (excludes halogenated alkanes) is 1. The van der Waals surface area contributed by atoms with Gasteiger partial charge in [-0.1, -0.05) is 153 Å². The van der Waals surface area contributed by atoms with Gasteiger partial charge >= 0.3 is 0 Å². The van der Waals surface area contributed by atoms with E-state index in [-0.39, 0.29) is 0 Å². The molecule has 9 heteroatoms. The maximum atomic E-state index is 4.97. The molecule has 2 heterocycles. The van der Waals surface area contributed by atoms with E-state index >= 15 is 0 Å². The number of aromatic nitrogens is 6. The van der Waals surface area contributed by atoms with E-state index in [1.807, 2.05) is 35.9 Å². The van der Waals surface area contributed by atoms with Crippen LogP contribution in [0.5, 0.6) is 0 Å². The third-order valence-corrected chi connectivity index (χ3v) is 10.2. The van der Waals surface area contributed by atoms with Crippen molar-refractivity contribution in [1.29, 1.82) is 0 Å². The quantitative estimate of drug-likeness (QED) is 0.0731. The number of tetrazole rings is 1. The third kappa shape index (κ3) is 8.38. The third-order valence-electron chi connectivity index (χ3n) is 10.2. The van der Waals surface area contributed by atoms with Crippen LogP contribution < -0.4 is 10.2 Å². The number of nitrogens with one attached hydrogen (secondary N) is 1. The van der Waals surface area contributed by atoms with E-state index in [0.717, 1.165) is 89.7 Å². The highest BCUT2D eigenvalue weighted by molar-refractivity contribution is 5.81. The Bertz CT molecular complexity index is 2170. The van der Waals surface area contributed by atoms with Gasteiger partial charge in [0.25, 0.3) is 0 Å². The van der Waals surface area contributed by atoms with E-state index in [1.54, 1.807) is 0 Å². The number of hydrogen-bond acceptors (Lipinski definition) is 8. The average Bonchev–Trinajstić information content (AvgIpc) is 3.73. The SMILES string of the molecule is CCCCN(Cc1ccc(-c2ccccc2-c2nnnn2C(c2ccccc2)(c2ccccc2)c2ccccc2)cc1)c1nc(C)cc(NCCCN(C)C)n1. The number of benzene rings is 5. The maximum Gasteiger partial charge on any atom is 0.227 e. The molecule has 0 aliphatic carbocycles. The molecule has 0 bridgehead atoms. The highest BCUT2D eigenvalue weighted by atomic mass is 15.6. The van der Waals surface area contributed by atoms with Gasteiger partial charge in [0.2, 0.25) is 5.95 Å². The zero-order chi connectivity index (χ0) is 38.7. The van der Waals surface area contributed by atoms with Gasteiger partial charge in [-0.25, -0.2) is 9.67 Å². The summed E-state index contributed by atoms with van der Waals surface area (Å²) >= 11 is 0. The lowest BCUT2D eigenvalue weighted by molar-refractivity contribution is 0.405. The zero-order valence-corrected chi connectivity index (χ0v) is 32.9. The summed E-state index contributed by atoms with van der Waals surface area (Å²) < 4.78 is 2.00. The average molecular weight is 742 g/mol. The summed E-state index contributed by atoms with van der Waals surface area (Å²) in [5.74, 6) is 2.31. The first-order chi connectivity index (χ1) is 27.5. The van der Waals surface area contributed by atoms with Gasteiger partial charge in [-0.3, -0.25) is 0 Å². The van der Waals surface area contributed by atoms with Crippen LogP contribution in [0.4, 0.5) is 11.8 Å². The Morgan fingerprint density at radius 2 is 1.25 bits per heavy atom. The van der Waals surface area contributed by atoms with Crippen LogP contribution in [0.15, 0.2) is 146 Å². The predicted molar refractivity (Wildman–Crippen MR) is 228 cm³/mol. The second-order valence-corrected chi connectivity index (χ2v) is 14.5. The molecule has 0 fully saturated rings. The van der Waals surface area contributed by atoms with E-state index in [1.165, 1.54) is 5.56 Å². The van der Waals surface area contributed by atoms with Crippen molar-refractivity contribution in [3.05, 3.63) is 174 Å². The first-order valence-electron chi connectivity index (χ1n) is 19.6. The first-order valence-corrected chi connectivity index (χ1v) is 19.6. The Morgan fingerprint density at radius 1 is 0.661 bits per heavy atom. The normalized spacial score (nSPS) is 11.5. The van der Waals surface area contributed by atoms with Crippen molar-refractivity contribution in [1.82, 2.24) is 35.1 Å². The number of anilines is 2. The molecule has 0 saturated carbocycles. The van der Waals surface area contributed by atoms with Gasteiger partial charge in [0.1, 0.15) is 11.4 Å². The number of hydrogen-bond donors (Lipinski definition) is 1. The summed E-state index contributed by atoms with van der Waals surface area (Å²) in [4.78, 5) is 14.4. The van der Waals surface area contributed by atoms with E-state index < -0.39 is 5.54 Å². The molecule has 2 aromatic heterocycles. The molecule has 0 amide bonds. The van der Waals surface area contributed by atoms with Crippen LogP contribution in [0, 0.1) is 6.92 Å². The minimum Gasteiger partial charge on any atom is -0.370 e. The minimum absolute atomic E-state index is 0.676. The standard InChI is InChI=1S/C47H51N9/c1-5-6-33-55(46-49-36(2)34-44(50-46)48-31-18-32-54(3)4)35-37-27-29-38(30-28-37)42-25-16-17-26-43(42)45-51-52-53-56(45)47(39-19-10-7-11-20-39,40-21-12-8-13-22-40)41-23-14-9-15-24-41/h7-17,19-30,34H,5-6,18,31-33,35H2,1-4H3,(H,48,49,50). The number of aryl methyl sites for hydroxylation is 1. The summed E-state index contributed by atoms with van der Waals surface area (Å²) in [5.41, 5.74) is 7.56. The number of nitrogens with zero attached hydrogens (tertiary/aromatic N) is 8. The molecular formula is C47H51N9. The second kappa shape index (κ2) is 18.0. The molecule has 56 heavy (non-hydrogen) atoms. The van der Waals surface area contributed by atoms with Crippen LogP contribution in [-0.2, 0) is 12.1 Å². The Hall–Kier alpha value is -6.19. The molecule has 1 N–H and O–H groups in total. The van der Waals surface area contributed by atoms with Crippen LogP contribution in [0.1, 0.15) is 54.1 Å². The molecule has 0 aliphatic heterocycles.